The molecule has 0 spiro atoms. The molecule has 1 heterocycles. The van der Waals surface area contributed by atoms with Gasteiger partial charge in [0.25, 0.3) is 0 Å². The number of hydrogen-bond acceptors (Lipinski definition) is 0. The lowest BCUT2D eigenvalue weighted by Gasteiger charge is -1.77. The van der Waals surface area contributed by atoms with E-state index in [1.165, 1.54) is 0 Å². The highest BCUT2D eigenvalue weighted by Gasteiger charge is 1.78. The first kappa shape index (κ1) is 9.44. The minimum absolute atomic E-state index is 0.722. The van der Waals surface area contributed by atoms with Crippen LogP contribution in [0.1, 0.15) is 6.92 Å². The highest BCUT2D eigenvalue weighted by Crippen LogP contribution is 1.71. The topological polar surface area (TPSA) is 3.88 Å². The van der Waals surface area contributed by atoms with Crippen LogP contribution < -0.4 is 4.57 Å². The van der Waals surface area contributed by atoms with Gasteiger partial charge in [-0.2, -0.15) is 0 Å². The van der Waals surface area contributed by atoms with Crippen LogP contribution in [0.3, 0.4) is 0 Å². The summed E-state index contributed by atoms with van der Waals surface area (Å²) < 4.78 is 2.00. The maximum atomic E-state index is 5.00. The van der Waals surface area contributed by atoms with E-state index in [9.17, 15) is 0 Å². The first-order chi connectivity index (χ1) is 4.81. The lowest BCUT2D eigenvalue weighted by Crippen LogP contribution is -2.25. The van der Waals surface area contributed by atoms with Crippen LogP contribution in [0, 0.1) is 0 Å². The molecule has 0 aromatic carbocycles. The molecule has 1 aromatic rings. The number of alkyl halides is 1. The molecular weight excluding hydrogens is 146 g/mol. The Morgan fingerprint density at radius 1 is 1.20 bits per heavy atom. The van der Waals surface area contributed by atoms with Crippen molar-refractivity contribution in [3.8, 4) is 0 Å². The largest absolute Gasteiger partial charge is 0.208 e. The molecule has 2 heteroatoms. The van der Waals surface area contributed by atoms with Crippen LogP contribution in [-0.4, -0.2) is 5.88 Å². The zero-order chi connectivity index (χ0) is 7.82. The van der Waals surface area contributed by atoms with Crippen molar-refractivity contribution < 1.29 is 4.57 Å². The quantitative estimate of drug-likeness (QED) is 0.400. The number of hydrogen-bond donors (Lipinski definition) is 0. The number of aromatic nitrogens is 1. The van der Waals surface area contributed by atoms with Crippen LogP contribution >= 0.6 is 11.6 Å². The Morgan fingerprint density at radius 3 is 1.80 bits per heavy atom. The van der Waals surface area contributed by atoms with Gasteiger partial charge in [0.05, 0.1) is 0 Å². The second kappa shape index (κ2) is 6.56. The molecule has 0 fully saturated rings. The minimum Gasteiger partial charge on any atom is -0.208 e. The Labute approximate surface area is 67.3 Å². The Kier molecular flexibility index (Phi) is 6.19. The van der Waals surface area contributed by atoms with E-state index in [4.69, 9.17) is 11.6 Å². The van der Waals surface area contributed by atoms with E-state index in [0.29, 0.717) is 0 Å². The average molecular weight is 159 g/mol. The summed E-state index contributed by atoms with van der Waals surface area (Å²) in [6.45, 7) is 1.89. The summed E-state index contributed by atoms with van der Waals surface area (Å²) in [6.07, 6.45) is 4.00. The average Bonchev–Trinajstić information content (AvgIpc) is 1.91. The van der Waals surface area contributed by atoms with Crippen molar-refractivity contribution in [3.63, 3.8) is 0 Å². The van der Waals surface area contributed by atoms with Crippen LogP contribution in [0.15, 0.2) is 30.6 Å². The van der Waals surface area contributed by atoms with E-state index in [-0.39, 0.29) is 0 Å². The fourth-order valence-electron chi connectivity index (χ4n) is 0.485. The van der Waals surface area contributed by atoms with Crippen molar-refractivity contribution in [2.45, 2.75) is 6.92 Å². The van der Waals surface area contributed by atoms with E-state index in [1.807, 2.05) is 49.1 Å². The molecule has 0 amide bonds. The molecule has 10 heavy (non-hydrogen) atoms. The van der Waals surface area contributed by atoms with Gasteiger partial charge in [-0.1, -0.05) is 13.0 Å². The van der Waals surface area contributed by atoms with Gasteiger partial charge >= 0.3 is 0 Å². The molecule has 0 aliphatic heterocycles. The summed E-state index contributed by atoms with van der Waals surface area (Å²) in [5.74, 6) is 0.722. The smallest absolute Gasteiger partial charge is 0.168 e. The van der Waals surface area contributed by atoms with Gasteiger partial charge in [-0.15, -0.1) is 11.6 Å². The molecule has 0 unspecified atom stereocenters. The first-order valence-electron chi connectivity index (χ1n) is 3.27. The van der Waals surface area contributed by atoms with E-state index >= 15 is 0 Å². The maximum absolute atomic E-state index is 5.00. The molecule has 1 aromatic heterocycles. The zero-order valence-corrected chi connectivity index (χ0v) is 7.17. The molecule has 0 atom stereocenters. The van der Waals surface area contributed by atoms with Gasteiger partial charge in [0, 0.05) is 18.0 Å². The lowest BCUT2D eigenvalue weighted by atomic mass is 10.5. The summed E-state index contributed by atoms with van der Waals surface area (Å²) in [7, 11) is 2.00. The highest BCUT2D eigenvalue weighted by molar-refractivity contribution is 6.17. The molecule has 1 nitrogen and oxygen atoms in total. The number of nitrogens with zero attached hydrogens (tertiary/aromatic N) is 1. The van der Waals surface area contributed by atoms with Gasteiger partial charge in [-0.3, -0.25) is 0 Å². The van der Waals surface area contributed by atoms with E-state index in [2.05, 4.69) is 0 Å². The summed E-state index contributed by atoms with van der Waals surface area (Å²) in [5.41, 5.74) is 0. The van der Waals surface area contributed by atoms with Crippen LogP contribution in [0.25, 0.3) is 0 Å². The van der Waals surface area contributed by atoms with Crippen LogP contribution in [0.4, 0.5) is 0 Å². The fourth-order valence-corrected chi connectivity index (χ4v) is 0.485. The van der Waals surface area contributed by atoms with E-state index < -0.39 is 0 Å². The number of halogens is 1. The Bertz CT molecular complexity index is 151. The SMILES string of the molecule is CCCl.C[n+]1ccccc1. The predicted molar refractivity (Wildman–Crippen MR) is 44.0 cm³/mol. The van der Waals surface area contributed by atoms with Crippen LogP contribution in [-0.2, 0) is 7.05 Å². The van der Waals surface area contributed by atoms with Gasteiger partial charge in [-0.25, -0.2) is 4.57 Å². The third-order valence-corrected chi connectivity index (χ3v) is 0.865. The standard InChI is InChI=1S/C6H8N.C2H5Cl/c1-7-5-3-2-4-6-7;1-2-3/h2-6H,1H3;2H2,1H3/q+1;. The van der Waals surface area contributed by atoms with Crippen molar-refractivity contribution in [2.24, 2.45) is 7.05 Å². The third-order valence-electron chi connectivity index (χ3n) is 0.865. The molecule has 56 valence electrons. The Hall–Kier alpha value is -0.560. The number of aryl methyl sites for hydroxylation is 1. The Morgan fingerprint density at radius 2 is 1.60 bits per heavy atom. The molecule has 0 aliphatic rings. The van der Waals surface area contributed by atoms with Crippen molar-refractivity contribution in [1.82, 2.24) is 0 Å². The van der Waals surface area contributed by atoms with Crippen LogP contribution in [0.5, 0.6) is 0 Å². The van der Waals surface area contributed by atoms with Crippen molar-refractivity contribution in [2.75, 3.05) is 5.88 Å². The lowest BCUT2D eigenvalue weighted by molar-refractivity contribution is -0.671. The molecule has 1 rings (SSSR count). The highest BCUT2D eigenvalue weighted by atomic mass is 35.5. The van der Waals surface area contributed by atoms with E-state index in [1.54, 1.807) is 0 Å². The molecule has 0 N–H and O–H groups in total. The van der Waals surface area contributed by atoms with Gasteiger partial charge in [0.2, 0.25) is 0 Å². The first-order valence-corrected chi connectivity index (χ1v) is 3.81. The fraction of sp³-hybridized carbons (Fsp3) is 0.375. The molecular formula is C8H13ClN+. The number of rotatable bonds is 0. The molecule has 0 saturated heterocycles. The summed E-state index contributed by atoms with van der Waals surface area (Å²) in [5, 5.41) is 0. The van der Waals surface area contributed by atoms with E-state index in [0.717, 1.165) is 5.88 Å². The summed E-state index contributed by atoms with van der Waals surface area (Å²) >= 11 is 5.00. The predicted octanol–water partition coefficient (Wildman–Crippen LogP) is 1.76. The van der Waals surface area contributed by atoms with Crippen molar-refractivity contribution in [3.05, 3.63) is 30.6 Å². The summed E-state index contributed by atoms with van der Waals surface area (Å²) in [6, 6.07) is 6.00. The number of pyridine rings is 1. The molecule has 0 bridgehead atoms. The van der Waals surface area contributed by atoms with Gasteiger partial charge in [-0.05, 0) is 0 Å². The van der Waals surface area contributed by atoms with Gasteiger partial charge < -0.3 is 0 Å². The van der Waals surface area contributed by atoms with Crippen molar-refractivity contribution in [1.29, 1.82) is 0 Å². The minimum atomic E-state index is 0.722. The molecule has 0 radical (unpaired) electrons. The van der Waals surface area contributed by atoms with Gasteiger partial charge in [0.1, 0.15) is 7.05 Å². The second-order valence-electron chi connectivity index (χ2n) is 1.81. The monoisotopic (exact) mass is 158 g/mol. The Balaban J connectivity index is 0.000000236. The second-order valence-corrected chi connectivity index (χ2v) is 2.34. The van der Waals surface area contributed by atoms with Crippen molar-refractivity contribution >= 4 is 11.6 Å². The molecule has 0 saturated carbocycles. The molecule has 0 aliphatic carbocycles. The zero-order valence-electron chi connectivity index (χ0n) is 6.42. The third kappa shape index (κ3) is 5.57. The maximum Gasteiger partial charge on any atom is 0.168 e. The van der Waals surface area contributed by atoms with Gasteiger partial charge in [0.15, 0.2) is 12.4 Å². The normalized spacial score (nSPS) is 7.90. The van der Waals surface area contributed by atoms with Crippen LogP contribution in [0.2, 0.25) is 0 Å². The summed E-state index contributed by atoms with van der Waals surface area (Å²) in [4.78, 5) is 0.